The van der Waals surface area contributed by atoms with Gasteiger partial charge in [0, 0.05) is 10.0 Å². The van der Waals surface area contributed by atoms with Gasteiger partial charge in [-0.2, -0.15) is 0 Å². The fraction of sp³-hybridized carbons (Fsp3) is 0.115. The highest BCUT2D eigenvalue weighted by molar-refractivity contribution is 9.10. The van der Waals surface area contributed by atoms with Crippen molar-refractivity contribution in [3.05, 3.63) is 94.4 Å². The number of methoxy groups -OCH3 is 2. The minimum absolute atomic E-state index is 0.164. The maximum absolute atomic E-state index is 12.5. The van der Waals surface area contributed by atoms with E-state index in [0.29, 0.717) is 35.2 Å². The average molecular weight is 493 g/mol. The Balaban J connectivity index is 1.39. The first-order valence-electron chi connectivity index (χ1n) is 9.91. The van der Waals surface area contributed by atoms with Crippen LogP contribution in [0.5, 0.6) is 17.2 Å². The quantitative estimate of drug-likeness (QED) is 0.202. The third-order valence-electron chi connectivity index (χ3n) is 4.90. The van der Waals surface area contributed by atoms with Crippen LogP contribution in [0.3, 0.4) is 0 Å². The van der Waals surface area contributed by atoms with Crippen molar-refractivity contribution in [3.63, 3.8) is 0 Å². The summed E-state index contributed by atoms with van der Waals surface area (Å²) >= 11 is 3.48. The minimum Gasteiger partial charge on any atom is -0.493 e. The molecule has 4 aromatic rings. The lowest BCUT2D eigenvalue weighted by Crippen LogP contribution is -1.97. The average Bonchev–Trinajstić information content (AvgIpc) is 3.28. The highest BCUT2D eigenvalue weighted by atomic mass is 79.9. The first-order chi connectivity index (χ1) is 15.6. The minimum atomic E-state index is -0.164. The van der Waals surface area contributed by atoms with Crippen molar-refractivity contribution >= 4 is 38.6 Å². The molecule has 32 heavy (non-hydrogen) atoms. The Hall–Kier alpha value is -3.51. The number of hydrogen-bond acceptors (Lipinski definition) is 5. The Morgan fingerprint density at radius 3 is 2.50 bits per heavy atom. The van der Waals surface area contributed by atoms with Crippen LogP contribution in [-0.4, -0.2) is 20.0 Å². The molecule has 0 aliphatic heterocycles. The number of furan rings is 1. The zero-order valence-electron chi connectivity index (χ0n) is 17.6. The second-order valence-electron chi connectivity index (χ2n) is 7.01. The lowest BCUT2D eigenvalue weighted by Gasteiger charge is -2.07. The molecule has 0 aliphatic carbocycles. The van der Waals surface area contributed by atoms with Crippen LogP contribution in [0.4, 0.5) is 0 Å². The Morgan fingerprint density at radius 2 is 1.69 bits per heavy atom. The molecule has 1 heterocycles. The van der Waals surface area contributed by atoms with E-state index < -0.39 is 0 Å². The lowest BCUT2D eigenvalue weighted by atomic mass is 10.1. The number of hydrogen-bond donors (Lipinski definition) is 0. The van der Waals surface area contributed by atoms with E-state index in [1.165, 1.54) is 13.2 Å². The van der Waals surface area contributed by atoms with Gasteiger partial charge in [0.15, 0.2) is 17.3 Å². The molecule has 0 fully saturated rings. The molecule has 0 radical (unpaired) electrons. The van der Waals surface area contributed by atoms with Crippen LogP contribution >= 0.6 is 15.9 Å². The highest BCUT2D eigenvalue weighted by Crippen LogP contribution is 2.28. The van der Waals surface area contributed by atoms with Crippen molar-refractivity contribution in [1.82, 2.24) is 0 Å². The van der Waals surface area contributed by atoms with Gasteiger partial charge in [0.1, 0.15) is 23.9 Å². The van der Waals surface area contributed by atoms with Crippen molar-refractivity contribution in [2.45, 2.75) is 6.61 Å². The van der Waals surface area contributed by atoms with Gasteiger partial charge in [0.2, 0.25) is 0 Å². The van der Waals surface area contributed by atoms with Crippen molar-refractivity contribution in [2.24, 2.45) is 0 Å². The number of benzene rings is 3. The van der Waals surface area contributed by atoms with Crippen LogP contribution in [-0.2, 0) is 6.61 Å². The maximum atomic E-state index is 12.5. The van der Waals surface area contributed by atoms with E-state index >= 15 is 0 Å². The highest BCUT2D eigenvalue weighted by Gasteiger charge is 2.09. The first-order valence-corrected chi connectivity index (χ1v) is 10.7. The number of fused-ring (bicyclic) bond motifs is 1. The second kappa shape index (κ2) is 9.75. The van der Waals surface area contributed by atoms with E-state index in [4.69, 9.17) is 18.6 Å². The molecule has 0 bridgehead atoms. The maximum Gasteiger partial charge on any atom is 0.186 e. The molecule has 0 amide bonds. The predicted molar refractivity (Wildman–Crippen MR) is 128 cm³/mol. The Bertz CT molecular complexity index is 1290. The molecular weight excluding hydrogens is 472 g/mol. The zero-order valence-corrected chi connectivity index (χ0v) is 19.2. The van der Waals surface area contributed by atoms with Crippen LogP contribution in [0.1, 0.15) is 21.9 Å². The number of rotatable bonds is 8. The predicted octanol–water partition coefficient (Wildman–Crippen LogP) is 6.69. The van der Waals surface area contributed by atoms with E-state index in [9.17, 15) is 4.79 Å². The number of ether oxygens (including phenoxy) is 3. The summed E-state index contributed by atoms with van der Waals surface area (Å²) in [6.07, 6.45) is 3.10. The van der Waals surface area contributed by atoms with Crippen LogP contribution in [0.2, 0.25) is 0 Å². The Labute approximate surface area is 194 Å². The molecule has 162 valence electrons. The van der Waals surface area contributed by atoms with Crippen molar-refractivity contribution in [3.8, 4) is 17.2 Å². The third-order valence-corrected chi connectivity index (χ3v) is 5.40. The molecule has 5 nitrogen and oxygen atoms in total. The summed E-state index contributed by atoms with van der Waals surface area (Å²) in [5, 5.41) is 2.23. The van der Waals surface area contributed by atoms with Crippen molar-refractivity contribution < 1.29 is 23.4 Å². The van der Waals surface area contributed by atoms with Gasteiger partial charge in [-0.05, 0) is 77.5 Å². The molecule has 4 rings (SSSR count). The number of ketones is 1. The van der Waals surface area contributed by atoms with Gasteiger partial charge in [-0.1, -0.05) is 28.1 Å². The summed E-state index contributed by atoms with van der Waals surface area (Å²) in [5.41, 5.74) is 0.498. The molecule has 0 atom stereocenters. The summed E-state index contributed by atoms with van der Waals surface area (Å²) < 4.78 is 23.1. The smallest absolute Gasteiger partial charge is 0.186 e. The third kappa shape index (κ3) is 5.03. The number of carbonyl (C=O) groups excluding carboxylic acids is 1. The van der Waals surface area contributed by atoms with Crippen LogP contribution in [0.15, 0.2) is 81.7 Å². The SMILES string of the molecule is COc1ccc(C(=O)/C=C/c2ccc(COc3ccc4cc(Br)ccc4c3)o2)cc1OC. The Morgan fingerprint density at radius 1 is 0.906 bits per heavy atom. The molecule has 0 unspecified atom stereocenters. The van der Waals surface area contributed by atoms with E-state index in [1.807, 2.05) is 36.4 Å². The lowest BCUT2D eigenvalue weighted by molar-refractivity contribution is 0.104. The molecule has 0 N–H and O–H groups in total. The number of allylic oxidation sites excluding steroid dienone is 1. The van der Waals surface area contributed by atoms with Gasteiger partial charge < -0.3 is 18.6 Å². The zero-order chi connectivity index (χ0) is 22.5. The van der Waals surface area contributed by atoms with Crippen LogP contribution in [0.25, 0.3) is 16.8 Å². The standard InChI is InChI=1S/C26H21BrO5/c1-29-25-12-5-19(15-26(25)30-2)24(28)11-10-21-8-9-23(32-21)16-31-22-7-4-17-13-20(27)6-3-18(17)14-22/h3-15H,16H2,1-2H3/b11-10+. The van der Waals surface area contributed by atoms with Gasteiger partial charge in [-0.15, -0.1) is 0 Å². The number of carbonyl (C=O) groups is 1. The summed E-state index contributed by atoms with van der Waals surface area (Å²) in [6, 6.07) is 20.7. The van der Waals surface area contributed by atoms with Gasteiger partial charge in [0.25, 0.3) is 0 Å². The van der Waals surface area contributed by atoms with E-state index in [1.54, 1.807) is 37.5 Å². The number of halogens is 1. The molecule has 0 aliphatic rings. The second-order valence-corrected chi connectivity index (χ2v) is 7.93. The normalized spacial score (nSPS) is 11.1. The molecular formula is C26H21BrO5. The largest absolute Gasteiger partial charge is 0.493 e. The summed E-state index contributed by atoms with van der Waals surface area (Å²) in [6.45, 7) is 0.291. The van der Waals surface area contributed by atoms with Gasteiger partial charge in [-0.25, -0.2) is 0 Å². The fourth-order valence-corrected chi connectivity index (χ4v) is 3.62. The first kappa shape index (κ1) is 21.7. The van der Waals surface area contributed by atoms with Gasteiger partial charge in [-0.3, -0.25) is 4.79 Å². The van der Waals surface area contributed by atoms with Crippen molar-refractivity contribution in [2.75, 3.05) is 14.2 Å². The van der Waals surface area contributed by atoms with E-state index in [2.05, 4.69) is 22.0 Å². The van der Waals surface area contributed by atoms with E-state index in [0.717, 1.165) is 21.0 Å². The molecule has 0 saturated heterocycles. The monoisotopic (exact) mass is 492 g/mol. The molecule has 0 spiro atoms. The van der Waals surface area contributed by atoms with Gasteiger partial charge in [0.05, 0.1) is 14.2 Å². The van der Waals surface area contributed by atoms with E-state index in [-0.39, 0.29) is 5.78 Å². The summed E-state index contributed by atoms with van der Waals surface area (Å²) in [4.78, 5) is 12.5. The molecule has 3 aromatic carbocycles. The van der Waals surface area contributed by atoms with Crippen molar-refractivity contribution in [1.29, 1.82) is 0 Å². The Kier molecular flexibility index (Phi) is 6.61. The van der Waals surface area contributed by atoms with Crippen LogP contribution in [0, 0.1) is 0 Å². The van der Waals surface area contributed by atoms with Gasteiger partial charge >= 0.3 is 0 Å². The molecule has 6 heteroatoms. The molecule has 1 aromatic heterocycles. The van der Waals surface area contributed by atoms with Crippen LogP contribution < -0.4 is 14.2 Å². The topological polar surface area (TPSA) is 57.9 Å². The summed E-state index contributed by atoms with van der Waals surface area (Å²) in [5.74, 6) is 2.91. The molecule has 0 saturated carbocycles. The fourth-order valence-electron chi connectivity index (χ4n) is 3.24. The summed E-state index contributed by atoms with van der Waals surface area (Å²) in [7, 11) is 3.09.